The van der Waals surface area contributed by atoms with Crippen LogP contribution >= 0.6 is 34.2 Å². The summed E-state index contributed by atoms with van der Waals surface area (Å²) < 4.78 is 2.47. The Bertz CT molecular complexity index is 1260. The van der Waals surface area contributed by atoms with Crippen LogP contribution in [-0.4, -0.2) is 47.7 Å². The molecule has 0 fully saturated rings. The van der Waals surface area contributed by atoms with Gasteiger partial charge in [-0.05, 0) is 41.6 Å². The third-order valence-corrected chi connectivity index (χ3v) is 5.66. The summed E-state index contributed by atoms with van der Waals surface area (Å²) in [6.45, 7) is 1.96. The molecule has 0 saturated heterocycles. The summed E-state index contributed by atoms with van der Waals surface area (Å²) in [5, 5.41) is 5.69. The number of rotatable bonds is 5. The molecule has 12 heteroatoms. The van der Waals surface area contributed by atoms with Crippen LogP contribution in [0.15, 0.2) is 37.2 Å². The molecule has 4 aromatic rings. The number of benzene rings is 1. The maximum Gasteiger partial charge on any atom is 0.267 e. The van der Waals surface area contributed by atoms with Gasteiger partial charge in [0.05, 0.1) is 11.6 Å². The second-order valence-corrected chi connectivity index (χ2v) is 8.02. The normalized spacial score (nSPS) is 12.1. The van der Waals surface area contributed by atoms with Crippen molar-refractivity contribution < 1.29 is 4.79 Å². The van der Waals surface area contributed by atoms with E-state index in [1.807, 2.05) is 31.0 Å². The smallest absolute Gasteiger partial charge is 0.267 e. The van der Waals surface area contributed by atoms with E-state index in [1.54, 1.807) is 0 Å². The minimum absolute atomic E-state index is 0.0912. The molecule has 0 spiro atoms. The largest absolute Gasteiger partial charge is 0.364 e. The van der Waals surface area contributed by atoms with Crippen LogP contribution in [0.3, 0.4) is 0 Å². The summed E-state index contributed by atoms with van der Waals surface area (Å²) in [7, 11) is 1.90. The van der Waals surface area contributed by atoms with Crippen molar-refractivity contribution in [3.63, 3.8) is 0 Å². The molecule has 0 aliphatic rings. The van der Waals surface area contributed by atoms with Gasteiger partial charge in [-0.15, -0.1) is 0 Å². The molecule has 30 heavy (non-hydrogen) atoms. The van der Waals surface area contributed by atoms with E-state index in [2.05, 4.69) is 52.6 Å². The van der Waals surface area contributed by atoms with Crippen molar-refractivity contribution in [2.45, 2.75) is 13.0 Å². The highest BCUT2D eigenvalue weighted by Crippen LogP contribution is 2.32. The zero-order valence-electron chi connectivity index (χ0n) is 15.9. The van der Waals surface area contributed by atoms with Gasteiger partial charge in [-0.25, -0.2) is 24.9 Å². The minimum atomic E-state index is -0.649. The molecular formula is C18H15ClIN9O. The molecule has 10 nitrogen and oxygen atoms in total. The third-order valence-electron chi connectivity index (χ3n) is 4.62. The number of fused-ring (bicyclic) bond motifs is 1. The lowest BCUT2D eigenvalue weighted by Gasteiger charge is -2.26. The number of carbonyl (C=O) groups excluding carboxylic acids is 1. The first kappa shape index (κ1) is 20.3. The number of hydrogen-bond donors (Lipinski definition) is 1. The highest BCUT2D eigenvalue weighted by molar-refractivity contribution is 14.1. The van der Waals surface area contributed by atoms with Crippen molar-refractivity contribution in [2.75, 3.05) is 11.9 Å². The number of nitrogens with zero attached hydrogens (tertiary/aromatic N) is 8. The Hall–Kier alpha value is -2.93. The fraction of sp³-hybridized carbons (Fsp3) is 0.167. The third kappa shape index (κ3) is 3.65. The zero-order chi connectivity index (χ0) is 21.4. The molecule has 2 N–H and O–H groups in total. The summed E-state index contributed by atoms with van der Waals surface area (Å²) in [5.41, 5.74) is 6.23. The van der Waals surface area contributed by atoms with Crippen LogP contribution in [0.4, 0.5) is 5.82 Å². The van der Waals surface area contributed by atoms with Crippen molar-refractivity contribution in [1.82, 2.24) is 34.7 Å². The fourth-order valence-electron chi connectivity index (χ4n) is 3.03. The monoisotopic (exact) mass is 535 g/mol. The molecule has 0 bridgehead atoms. The zero-order valence-corrected chi connectivity index (χ0v) is 18.8. The molecule has 0 aliphatic heterocycles. The highest BCUT2D eigenvalue weighted by atomic mass is 127. The Morgan fingerprint density at radius 1 is 1.13 bits per heavy atom. The first-order valence-corrected chi connectivity index (χ1v) is 10.2. The number of amides is 1. The summed E-state index contributed by atoms with van der Waals surface area (Å²) in [6.07, 6.45) is 4.20. The Morgan fingerprint density at radius 3 is 2.67 bits per heavy atom. The van der Waals surface area contributed by atoms with E-state index in [1.165, 1.54) is 29.7 Å². The van der Waals surface area contributed by atoms with Crippen LogP contribution in [0.5, 0.6) is 0 Å². The van der Waals surface area contributed by atoms with E-state index >= 15 is 0 Å². The summed E-state index contributed by atoms with van der Waals surface area (Å²) in [4.78, 5) is 34.7. The van der Waals surface area contributed by atoms with Gasteiger partial charge in [0.15, 0.2) is 11.6 Å². The first-order chi connectivity index (χ1) is 14.4. The standard InChI is InChI=1S/C18H15ClIN9O/c1-9(17-26-8-27-29(17)14-5-13(16(21)30)22-6-23-14)28(2)18-11-3-10(19)4-12(20)15(11)24-7-25-18/h3-9H,1-2H3,(H2,21,30)/t9-/m0/s1. The fourth-order valence-corrected chi connectivity index (χ4v) is 4.19. The molecule has 1 atom stereocenters. The van der Waals surface area contributed by atoms with E-state index in [4.69, 9.17) is 17.3 Å². The average Bonchev–Trinajstić information content (AvgIpc) is 3.22. The number of aromatic nitrogens is 7. The Balaban J connectivity index is 1.76. The molecule has 3 aromatic heterocycles. The quantitative estimate of drug-likeness (QED) is 0.386. The summed E-state index contributed by atoms with van der Waals surface area (Å²) >= 11 is 8.47. The van der Waals surface area contributed by atoms with Gasteiger partial charge in [-0.3, -0.25) is 4.79 Å². The van der Waals surface area contributed by atoms with Crippen LogP contribution in [0, 0.1) is 3.57 Å². The van der Waals surface area contributed by atoms with Gasteiger partial charge in [0.25, 0.3) is 5.91 Å². The Kier molecular flexibility index (Phi) is 5.47. The van der Waals surface area contributed by atoms with Gasteiger partial charge in [-0.2, -0.15) is 9.78 Å². The summed E-state index contributed by atoms with van der Waals surface area (Å²) in [6, 6.07) is 4.91. The predicted octanol–water partition coefficient (Wildman–Crippen LogP) is 2.55. The van der Waals surface area contributed by atoms with Crippen molar-refractivity contribution in [3.8, 4) is 5.82 Å². The van der Waals surface area contributed by atoms with Crippen LogP contribution in [-0.2, 0) is 0 Å². The van der Waals surface area contributed by atoms with Crippen LogP contribution in [0.2, 0.25) is 5.02 Å². The Morgan fingerprint density at radius 2 is 1.90 bits per heavy atom. The summed E-state index contributed by atoms with van der Waals surface area (Å²) in [5.74, 6) is 1.03. The molecule has 0 unspecified atom stereocenters. The van der Waals surface area contributed by atoms with E-state index in [9.17, 15) is 4.79 Å². The van der Waals surface area contributed by atoms with Gasteiger partial charge in [0.2, 0.25) is 0 Å². The molecule has 152 valence electrons. The van der Waals surface area contributed by atoms with Crippen LogP contribution in [0.25, 0.3) is 16.7 Å². The highest BCUT2D eigenvalue weighted by Gasteiger charge is 2.23. The second-order valence-electron chi connectivity index (χ2n) is 6.42. The first-order valence-electron chi connectivity index (χ1n) is 8.71. The van der Waals surface area contributed by atoms with Gasteiger partial charge >= 0.3 is 0 Å². The number of primary amides is 1. The van der Waals surface area contributed by atoms with Gasteiger partial charge in [-0.1, -0.05) is 11.6 Å². The van der Waals surface area contributed by atoms with E-state index < -0.39 is 5.91 Å². The van der Waals surface area contributed by atoms with E-state index in [0.29, 0.717) is 22.5 Å². The molecule has 0 saturated carbocycles. The lowest BCUT2D eigenvalue weighted by atomic mass is 10.2. The van der Waals surface area contributed by atoms with Crippen molar-refractivity contribution in [1.29, 1.82) is 0 Å². The van der Waals surface area contributed by atoms with Crippen molar-refractivity contribution in [3.05, 3.63) is 57.3 Å². The van der Waals surface area contributed by atoms with Crippen molar-refractivity contribution in [2.24, 2.45) is 5.73 Å². The van der Waals surface area contributed by atoms with Crippen molar-refractivity contribution >= 4 is 56.8 Å². The number of halogens is 2. The molecule has 3 heterocycles. The van der Waals surface area contributed by atoms with E-state index in [-0.39, 0.29) is 11.7 Å². The van der Waals surface area contributed by atoms with Crippen LogP contribution < -0.4 is 10.6 Å². The Labute approximate surface area is 189 Å². The number of carbonyl (C=O) groups is 1. The lowest BCUT2D eigenvalue weighted by Crippen LogP contribution is -2.26. The molecule has 0 radical (unpaired) electrons. The van der Waals surface area contributed by atoms with E-state index in [0.717, 1.165) is 14.5 Å². The molecule has 1 aromatic carbocycles. The molecular weight excluding hydrogens is 521 g/mol. The minimum Gasteiger partial charge on any atom is -0.364 e. The second kappa shape index (κ2) is 8.07. The number of nitrogens with two attached hydrogens (primary N) is 1. The lowest BCUT2D eigenvalue weighted by molar-refractivity contribution is 0.0995. The maximum absolute atomic E-state index is 11.5. The molecule has 0 aliphatic carbocycles. The molecule has 1 amide bonds. The maximum atomic E-state index is 11.5. The number of anilines is 1. The predicted molar refractivity (Wildman–Crippen MR) is 120 cm³/mol. The average molecular weight is 536 g/mol. The number of hydrogen-bond acceptors (Lipinski definition) is 8. The van der Waals surface area contributed by atoms with Gasteiger partial charge < -0.3 is 10.6 Å². The molecule has 4 rings (SSSR count). The van der Waals surface area contributed by atoms with Gasteiger partial charge in [0.1, 0.15) is 30.5 Å². The van der Waals surface area contributed by atoms with Crippen LogP contribution in [0.1, 0.15) is 29.3 Å². The SMILES string of the molecule is C[C@@H](c1ncnn1-c1cc(C(N)=O)ncn1)N(C)c1ncnc2c(I)cc(Cl)cc12. The topological polar surface area (TPSA) is 129 Å². The van der Waals surface area contributed by atoms with Gasteiger partial charge in [0, 0.05) is 27.1 Å².